The standard InChI is InChI=1S/C12H9N5/c13-7-11-12(8-14)17(9-16-11)6-3-10-1-4-15-5-2-10/h1-2,4-5,9H,3,6H2. The summed E-state index contributed by atoms with van der Waals surface area (Å²) in [6, 6.07) is 7.75. The average molecular weight is 223 g/mol. The molecule has 0 aliphatic rings. The molecule has 82 valence electrons. The third kappa shape index (κ3) is 2.30. The Morgan fingerprint density at radius 2 is 1.94 bits per heavy atom. The van der Waals surface area contributed by atoms with Gasteiger partial charge in [0.25, 0.3) is 0 Å². The summed E-state index contributed by atoms with van der Waals surface area (Å²) in [7, 11) is 0. The first-order valence-corrected chi connectivity index (χ1v) is 5.09. The van der Waals surface area contributed by atoms with E-state index in [0.717, 1.165) is 12.0 Å². The van der Waals surface area contributed by atoms with E-state index >= 15 is 0 Å². The van der Waals surface area contributed by atoms with Gasteiger partial charge in [-0.1, -0.05) is 0 Å². The second-order valence-corrected chi connectivity index (χ2v) is 3.46. The maximum atomic E-state index is 8.94. The molecule has 0 saturated heterocycles. The molecule has 0 radical (unpaired) electrons. The molecule has 0 spiro atoms. The Morgan fingerprint density at radius 3 is 2.59 bits per heavy atom. The van der Waals surface area contributed by atoms with E-state index in [1.807, 2.05) is 24.3 Å². The van der Waals surface area contributed by atoms with E-state index in [1.165, 1.54) is 6.33 Å². The molecular formula is C12H9N5. The third-order valence-electron chi connectivity index (χ3n) is 2.44. The van der Waals surface area contributed by atoms with Crippen LogP contribution in [0.3, 0.4) is 0 Å². The lowest BCUT2D eigenvalue weighted by Crippen LogP contribution is -2.03. The van der Waals surface area contributed by atoms with Gasteiger partial charge in [0.05, 0.1) is 6.33 Å². The second kappa shape index (κ2) is 4.91. The number of rotatable bonds is 3. The van der Waals surface area contributed by atoms with Crippen LogP contribution in [0.15, 0.2) is 30.9 Å². The molecule has 0 N–H and O–H groups in total. The van der Waals surface area contributed by atoms with E-state index in [1.54, 1.807) is 17.0 Å². The van der Waals surface area contributed by atoms with Crippen LogP contribution in [0.4, 0.5) is 0 Å². The number of aryl methyl sites for hydroxylation is 2. The Labute approximate surface area is 98.6 Å². The van der Waals surface area contributed by atoms with Crippen LogP contribution in [0, 0.1) is 22.7 Å². The SMILES string of the molecule is N#Cc1ncn(CCc2ccncc2)c1C#N. The van der Waals surface area contributed by atoms with E-state index in [2.05, 4.69) is 9.97 Å². The summed E-state index contributed by atoms with van der Waals surface area (Å²) in [4.78, 5) is 7.82. The highest BCUT2D eigenvalue weighted by Crippen LogP contribution is 2.07. The molecule has 0 aliphatic heterocycles. The molecule has 2 heterocycles. The van der Waals surface area contributed by atoms with Crippen LogP contribution in [0.2, 0.25) is 0 Å². The van der Waals surface area contributed by atoms with Gasteiger partial charge in [-0.25, -0.2) is 4.98 Å². The molecule has 5 heteroatoms. The van der Waals surface area contributed by atoms with Gasteiger partial charge in [-0.15, -0.1) is 0 Å². The van der Waals surface area contributed by atoms with Gasteiger partial charge < -0.3 is 4.57 Å². The summed E-state index contributed by atoms with van der Waals surface area (Å²) in [6.07, 6.45) is 5.76. The molecule has 0 amide bonds. The first kappa shape index (κ1) is 10.8. The highest BCUT2D eigenvalue weighted by Gasteiger charge is 2.09. The number of hydrogen-bond donors (Lipinski definition) is 0. The topological polar surface area (TPSA) is 78.3 Å². The van der Waals surface area contributed by atoms with Gasteiger partial charge in [-0.3, -0.25) is 4.98 Å². The molecule has 5 nitrogen and oxygen atoms in total. The Kier molecular flexibility index (Phi) is 3.13. The zero-order valence-corrected chi connectivity index (χ0v) is 9.04. The zero-order valence-electron chi connectivity index (χ0n) is 9.04. The van der Waals surface area contributed by atoms with Crippen molar-refractivity contribution in [2.24, 2.45) is 0 Å². The summed E-state index contributed by atoms with van der Waals surface area (Å²) in [5.41, 5.74) is 1.64. The fraction of sp³-hybridized carbons (Fsp3) is 0.167. The van der Waals surface area contributed by atoms with Gasteiger partial charge in [0.1, 0.15) is 12.1 Å². The van der Waals surface area contributed by atoms with Crippen molar-refractivity contribution in [1.82, 2.24) is 14.5 Å². The molecular weight excluding hydrogens is 214 g/mol. The number of nitrogens with zero attached hydrogens (tertiary/aromatic N) is 5. The number of nitriles is 2. The van der Waals surface area contributed by atoms with E-state index in [9.17, 15) is 0 Å². The molecule has 2 rings (SSSR count). The van der Waals surface area contributed by atoms with Crippen LogP contribution in [-0.2, 0) is 13.0 Å². The lowest BCUT2D eigenvalue weighted by molar-refractivity contribution is 0.687. The van der Waals surface area contributed by atoms with Crippen LogP contribution in [0.1, 0.15) is 17.0 Å². The van der Waals surface area contributed by atoms with E-state index in [0.29, 0.717) is 12.2 Å². The maximum Gasteiger partial charge on any atom is 0.176 e. The first-order chi connectivity index (χ1) is 8.35. The van der Waals surface area contributed by atoms with Gasteiger partial charge >= 0.3 is 0 Å². The van der Waals surface area contributed by atoms with Crippen molar-refractivity contribution in [1.29, 1.82) is 10.5 Å². The smallest absolute Gasteiger partial charge is 0.176 e. The molecule has 2 aromatic rings. The molecule has 0 fully saturated rings. The molecule has 0 saturated carbocycles. The van der Waals surface area contributed by atoms with Crippen LogP contribution in [-0.4, -0.2) is 14.5 Å². The van der Waals surface area contributed by atoms with Crippen LogP contribution >= 0.6 is 0 Å². The minimum Gasteiger partial charge on any atom is -0.321 e. The second-order valence-electron chi connectivity index (χ2n) is 3.46. The monoisotopic (exact) mass is 223 g/mol. The average Bonchev–Trinajstić information content (AvgIpc) is 2.79. The fourth-order valence-corrected chi connectivity index (χ4v) is 1.55. The summed E-state index contributed by atoms with van der Waals surface area (Å²) < 4.78 is 1.69. The van der Waals surface area contributed by atoms with Crippen molar-refractivity contribution >= 4 is 0 Å². The Balaban J connectivity index is 2.13. The minimum absolute atomic E-state index is 0.183. The van der Waals surface area contributed by atoms with E-state index in [-0.39, 0.29) is 5.69 Å². The van der Waals surface area contributed by atoms with Gasteiger partial charge in [0.2, 0.25) is 0 Å². The number of pyridine rings is 1. The molecule has 0 bridgehead atoms. The van der Waals surface area contributed by atoms with Crippen molar-refractivity contribution < 1.29 is 0 Å². The molecule has 2 aromatic heterocycles. The molecule has 17 heavy (non-hydrogen) atoms. The number of hydrogen-bond acceptors (Lipinski definition) is 4. The summed E-state index contributed by atoms with van der Waals surface area (Å²) in [5.74, 6) is 0. The van der Waals surface area contributed by atoms with Gasteiger partial charge in [-0.2, -0.15) is 10.5 Å². The molecule has 0 unspecified atom stereocenters. The van der Waals surface area contributed by atoms with Crippen molar-refractivity contribution in [2.75, 3.05) is 0 Å². The predicted molar refractivity (Wildman–Crippen MR) is 59.6 cm³/mol. The fourth-order valence-electron chi connectivity index (χ4n) is 1.55. The quantitative estimate of drug-likeness (QED) is 0.784. The Hall–Kier alpha value is -2.66. The van der Waals surface area contributed by atoms with Gasteiger partial charge in [-0.05, 0) is 24.1 Å². The number of imidazole rings is 1. The minimum atomic E-state index is 0.183. The first-order valence-electron chi connectivity index (χ1n) is 5.09. The predicted octanol–water partition coefficient (Wildman–Crippen LogP) is 1.26. The van der Waals surface area contributed by atoms with Crippen molar-refractivity contribution in [3.63, 3.8) is 0 Å². The van der Waals surface area contributed by atoms with Crippen LogP contribution < -0.4 is 0 Å². The van der Waals surface area contributed by atoms with Gasteiger partial charge in [0, 0.05) is 18.9 Å². The Bertz CT molecular complexity index is 586. The normalized spacial score (nSPS) is 9.53. The third-order valence-corrected chi connectivity index (χ3v) is 2.44. The highest BCUT2D eigenvalue weighted by atomic mass is 15.1. The van der Waals surface area contributed by atoms with Gasteiger partial charge in [0.15, 0.2) is 11.4 Å². The van der Waals surface area contributed by atoms with E-state index < -0.39 is 0 Å². The summed E-state index contributed by atoms with van der Waals surface area (Å²) >= 11 is 0. The molecule has 0 aliphatic carbocycles. The molecule has 0 atom stereocenters. The lowest BCUT2D eigenvalue weighted by Gasteiger charge is -2.03. The van der Waals surface area contributed by atoms with Crippen LogP contribution in [0.5, 0.6) is 0 Å². The molecule has 0 aromatic carbocycles. The Morgan fingerprint density at radius 1 is 1.18 bits per heavy atom. The number of aromatic nitrogens is 3. The van der Waals surface area contributed by atoms with Crippen molar-refractivity contribution in [3.8, 4) is 12.1 Å². The largest absolute Gasteiger partial charge is 0.321 e. The van der Waals surface area contributed by atoms with Crippen molar-refractivity contribution in [2.45, 2.75) is 13.0 Å². The maximum absolute atomic E-state index is 8.94. The highest BCUT2D eigenvalue weighted by molar-refractivity contribution is 5.36. The summed E-state index contributed by atoms with van der Waals surface area (Å²) in [6.45, 7) is 0.627. The van der Waals surface area contributed by atoms with Crippen molar-refractivity contribution in [3.05, 3.63) is 47.8 Å². The zero-order chi connectivity index (χ0) is 12.1. The van der Waals surface area contributed by atoms with E-state index in [4.69, 9.17) is 10.5 Å². The van der Waals surface area contributed by atoms with Crippen LogP contribution in [0.25, 0.3) is 0 Å². The summed E-state index contributed by atoms with van der Waals surface area (Å²) in [5, 5.41) is 17.7. The lowest BCUT2D eigenvalue weighted by atomic mass is 10.2.